The Hall–Kier alpha value is -2.82. The molecule has 3 rings (SSSR count). The maximum absolute atomic E-state index is 11.2. The van der Waals surface area contributed by atoms with Crippen LogP contribution in [0.3, 0.4) is 0 Å². The summed E-state index contributed by atoms with van der Waals surface area (Å²) >= 11 is 0. The van der Waals surface area contributed by atoms with Gasteiger partial charge < -0.3 is 15.3 Å². The summed E-state index contributed by atoms with van der Waals surface area (Å²) in [5, 5.41) is 2.75. The van der Waals surface area contributed by atoms with Crippen LogP contribution < -0.4 is 11.0 Å². The first kappa shape index (κ1) is 14.1. The summed E-state index contributed by atoms with van der Waals surface area (Å²) in [4.78, 5) is 27.7. The molecule has 3 N–H and O–H groups in total. The summed E-state index contributed by atoms with van der Waals surface area (Å²) in [5.41, 5.74) is 4.67. The lowest BCUT2D eigenvalue weighted by Crippen LogP contribution is -2.05. The quantitative estimate of drug-likeness (QED) is 0.692. The molecule has 0 aliphatic carbocycles. The van der Waals surface area contributed by atoms with E-state index >= 15 is 0 Å². The molecule has 1 aromatic heterocycles. The van der Waals surface area contributed by atoms with Gasteiger partial charge in [0.1, 0.15) is 0 Å². The summed E-state index contributed by atoms with van der Waals surface area (Å²) in [5.74, 6) is -0.0680. The molecule has 0 unspecified atom stereocenters. The number of H-pyrrole nitrogens is 2. The molecule has 0 saturated heterocycles. The number of rotatable bonds is 4. The number of carbonyl (C=O) groups excluding carboxylic acids is 1. The highest BCUT2D eigenvalue weighted by molar-refractivity contribution is 5.88. The first-order valence-electron chi connectivity index (χ1n) is 7.17. The molecule has 0 aliphatic heterocycles. The number of anilines is 1. The van der Waals surface area contributed by atoms with Crippen molar-refractivity contribution >= 4 is 22.6 Å². The fourth-order valence-corrected chi connectivity index (χ4v) is 2.48. The standard InChI is InChI=1S/C17H17N3O2/c1-11(21)18-14-7-4-12(5-8-14)2-3-13-6-9-15-16(10-13)20-17(22)19-15/h4-10H,2-3H2,1H3,(H,18,21)(H2,19,20,22). The molecule has 0 fully saturated rings. The number of nitrogens with one attached hydrogen (secondary N) is 3. The number of aryl methyl sites for hydroxylation is 2. The minimum atomic E-state index is -0.180. The molecule has 0 aliphatic rings. The number of aromatic nitrogens is 2. The first-order valence-corrected chi connectivity index (χ1v) is 7.17. The fourth-order valence-electron chi connectivity index (χ4n) is 2.48. The Kier molecular flexibility index (Phi) is 3.78. The summed E-state index contributed by atoms with van der Waals surface area (Å²) < 4.78 is 0. The minimum Gasteiger partial charge on any atom is -0.326 e. The topological polar surface area (TPSA) is 77.8 Å². The molecule has 5 heteroatoms. The van der Waals surface area contributed by atoms with Gasteiger partial charge in [0, 0.05) is 12.6 Å². The zero-order chi connectivity index (χ0) is 15.5. The summed E-state index contributed by atoms with van der Waals surface area (Å²) in [6.45, 7) is 1.50. The zero-order valence-corrected chi connectivity index (χ0v) is 12.3. The van der Waals surface area contributed by atoms with Gasteiger partial charge in [0.2, 0.25) is 5.91 Å². The lowest BCUT2D eigenvalue weighted by Gasteiger charge is -2.05. The zero-order valence-electron chi connectivity index (χ0n) is 12.3. The molecule has 1 amide bonds. The Labute approximate surface area is 127 Å². The normalized spacial score (nSPS) is 10.8. The third-order valence-corrected chi connectivity index (χ3v) is 3.56. The summed E-state index contributed by atoms with van der Waals surface area (Å²) in [6.07, 6.45) is 1.79. The Morgan fingerprint density at radius 1 is 0.955 bits per heavy atom. The molecule has 3 aromatic rings. The van der Waals surface area contributed by atoms with Crippen molar-refractivity contribution in [1.29, 1.82) is 0 Å². The van der Waals surface area contributed by atoms with Gasteiger partial charge in [-0.3, -0.25) is 4.79 Å². The number of aromatic amines is 2. The van der Waals surface area contributed by atoms with E-state index in [1.165, 1.54) is 18.1 Å². The van der Waals surface area contributed by atoms with Gasteiger partial charge in [-0.2, -0.15) is 0 Å². The third-order valence-electron chi connectivity index (χ3n) is 3.56. The lowest BCUT2D eigenvalue weighted by molar-refractivity contribution is -0.114. The average molecular weight is 295 g/mol. The van der Waals surface area contributed by atoms with Crippen molar-refractivity contribution in [2.45, 2.75) is 19.8 Å². The fraction of sp³-hybridized carbons (Fsp3) is 0.176. The third kappa shape index (κ3) is 3.25. The molecule has 112 valence electrons. The van der Waals surface area contributed by atoms with Crippen LogP contribution >= 0.6 is 0 Å². The van der Waals surface area contributed by atoms with Crippen molar-refractivity contribution in [3.63, 3.8) is 0 Å². The Bertz CT molecular complexity index is 859. The number of carbonyl (C=O) groups is 1. The van der Waals surface area contributed by atoms with Crippen molar-refractivity contribution in [2.24, 2.45) is 0 Å². The van der Waals surface area contributed by atoms with Crippen molar-refractivity contribution in [3.8, 4) is 0 Å². The molecule has 22 heavy (non-hydrogen) atoms. The van der Waals surface area contributed by atoms with Gasteiger partial charge in [-0.05, 0) is 48.2 Å². The number of hydrogen-bond acceptors (Lipinski definition) is 2. The van der Waals surface area contributed by atoms with Gasteiger partial charge in [0.25, 0.3) is 0 Å². The molecule has 0 spiro atoms. The van der Waals surface area contributed by atoms with Crippen LogP contribution in [0.5, 0.6) is 0 Å². The van der Waals surface area contributed by atoms with Crippen molar-refractivity contribution in [3.05, 3.63) is 64.1 Å². The molecule has 0 atom stereocenters. The van der Waals surface area contributed by atoms with Crippen LogP contribution in [0.25, 0.3) is 11.0 Å². The van der Waals surface area contributed by atoms with E-state index in [1.54, 1.807) is 0 Å². The van der Waals surface area contributed by atoms with Crippen LogP contribution in [0.4, 0.5) is 5.69 Å². The number of imidazole rings is 1. The van der Waals surface area contributed by atoms with E-state index in [0.29, 0.717) is 0 Å². The predicted octanol–water partition coefficient (Wildman–Crippen LogP) is 2.60. The van der Waals surface area contributed by atoms with E-state index in [9.17, 15) is 9.59 Å². The SMILES string of the molecule is CC(=O)Nc1ccc(CCc2ccc3[nH]c(=O)[nH]c3c2)cc1. The maximum Gasteiger partial charge on any atom is 0.323 e. The second-order valence-electron chi connectivity index (χ2n) is 5.34. The van der Waals surface area contributed by atoms with E-state index in [-0.39, 0.29) is 11.6 Å². The lowest BCUT2D eigenvalue weighted by atomic mass is 10.0. The van der Waals surface area contributed by atoms with E-state index < -0.39 is 0 Å². The molecular formula is C17H17N3O2. The molecular weight excluding hydrogens is 278 g/mol. The average Bonchev–Trinajstić information content (AvgIpc) is 2.85. The van der Waals surface area contributed by atoms with Crippen LogP contribution in [-0.2, 0) is 17.6 Å². The highest BCUT2D eigenvalue weighted by Crippen LogP contribution is 2.15. The van der Waals surface area contributed by atoms with Gasteiger partial charge in [0.05, 0.1) is 11.0 Å². The van der Waals surface area contributed by atoms with Crippen molar-refractivity contribution < 1.29 is 4.79 Å². The van der Waals surface area contributed by atoms with E-state index in [4.69, 9.17) is 0 Å². The highest BCUT2D eigenvalue weighted by atomic mass is 16.1. The minimum absolute atomic E-state index is 0.0680. The molecule has 0 saturated carbocycles. The number of benzene rings is 2. The van der Waals surface area contributed by atoms with E-state index in [2.05, 4.69) is 15.3 Å². The van der Waals surface area contributed by atoms with Crippen LogP contribution in [-0.4, -0.2) is 15.9 Å². The first-order chi connectivity index (χ1) is 10.6. The molecule has 0 bridgehead atoms. The van der Waals surface area contributed by atoms with Gasteiger partial charge in [-0.25, -0.2) is 4.79 Å². The van der Waals surface area contributed by atoms with Crippen LogP contribution in [0, 0.1) is 0 Å². The van der Waals surface area contributed by atoms with Crippen LogP contribution in [0.15, 0.2) is 47.3 Å². The second-order valence-corrected chi connectivity index (χ2v) is 5.34. The smallest absolute Gasteiger partial charge is 0.323 e. The van der Waals surface area contributed by atoms with Crippen molar-refractivity contribution in [1.82, 2.24) is 9.97 Å². The number of amides is 1. The number of hydrogen-bond donors (Lipinski definition) is 3. The van der Waals surface area contributed by atoms with Gasteiger partial charge >= 0.3 is 5.69 Å². The Balaban J connectivity index is 1.67. The van der Waals surface area contributed by atoms with Crippen LogP contribution in [0.1, 0.15) is 18.1 Å². The van der Waals surface area contributed by atoms with Gasteiger partial charge in [-0.15, -0.1) is 0 Å². The van der Waals surface area contributed by atoms with Gasteiger partial charge in [0.15, 0.2) is 0 Å². The van der Waals surface area contributed by atoms with Crippen molar-refractivity contribution in [2.75, 3.05) is 5.32 Å². The maximum atomic E-state index is 11.2. The summed E-state index contributed by atoms with van der Waals surface area (Å²) in [7, 11) is 0. The second kappa shape index (κ2) is 5.89. The monoisotopic (exact) mass is 295 g/mol. The largest absolute Gasteiger partial charge is 0.326 e. The Morgan fingerprint density at radius 3 is 2.32 bits per heavy atom. The molecule has 5 nitrogen and oxygen atoms in total. The predicted molar refractivity (Wildman–Crippen MR) is 87.1 cm³/mol. The Morgan fingerprint density at radius 2 is 1.59 bits per heavy atom. The molecule has 2 aromatic carbocycles. The van der Waals surface area contributed by atoms with Crippen LogP contribution in [0.2, 0.25) is 0 Å². The number of fused-ring (bicyclic) bond motifs is 1. The van der Waals surface area contributed by atoms with E-state index in [0.717, 1.165) is 29.6 Å². The van der Waals surface area contributed by atoms with Gasteiger partial charge in [-0.1, -0.05) is 18.2 Å². The molecule has 0 radical (unpaired) electrons. The van der Waals surface area contributed by atoms with E-state index in [1.807, 2.05) is 42.5 Å². The summed E-state index contributed by atoms with van der Waals surface area (Å²) in [6, 6.07) is 13.8. The highest BCUT2D eigenvalue weighted by Gasteiger charge is 2.01. The molecule has 1 heterocycles.